The van der Waals surface area contributed by atoms with Gasteiger partial charge in [-0.25, -0.2) is 4.68 Å². The van der Waals surface area contributed by atoms with E-state index in [1.54, 1.807) is 27.2 Å². The minimum atomic E-state index is -4.32. The van der Waals surface area contributed by atoms with Crippen molar-refractivity contribution in [2.45, 2.75) is 57.0 Å². The molecule has 0 saturated carbocycles. The fraction of sp³-hybridized carbons (Fsp3) is 0.571. The molecule has 3 atom stereocenters. The van der Waals surface area contributed by atoms with Crippen LogP contribution in [-0.2, 0) is 6.54 Å². The predicted molar refractivity (Wildman–Crippen MR) is 107 cm³/mol. The third-order valence-electron chi connectivity index (χ3n) is 5.94. The highest BCUT2D eigenvalue weighted by Gasteiger charge is 2.46. The van der Waals surface area contributed by atoms with Crippen LogP contribution in [0.2, 0.25) is 0 Å². The Balaban J connectivity index is 1.58. The second-order valence-corrected chi connectivity index (χ2v) is 8.06. The summed E-state index contributed by atoms with van der Waals surface area (Å²) in [6, 6.07) is 5.73. The Morgan fingerprint density at radius 1 is 1.17 bits per heavy atom. The Kier molecular flexibility index (Phi) is 5.57. The summed E-state index contributed by atoms with van der Waals surface area (Å²) < 4.78 is 52.5. The van der Waals surface area contributed by atoms with Gasteiger partial charge in [-0.3, -0.25) is 4.90 Å². The molecular formula is C21H27F3N4O2. The van der Waals surface area contributed by atoms with Gasteiger partial charge in [-0.1, -0.05) is 6.07 Å². The first-order chi connectivity index (χ1) is 14.3. The Bertz CT molecular complexity index is 899. The van der Waals surface area contributed by atoms with E-state index < -0.39 is 12.2 Å². The maximum absolute atomic E-state index is 13.6. The molecule has 2 aromatic rings. The normalized spacial score (nSPS) is 24.4. The summed E-state index contributed by atoms with van der Waals surface area (Å²) in [7, 11) is 3.19. The van der Waals surface area contributed by atoms with Crippen molar-refractivity contribution >= 4 is 5.82 Å². The Morgan fingerprint density at radius 2 is 1.93 bits per heavy atom. The maximum atomic E-state index is 13.6. The molecule has 30 heavy (non-hydrogen) atoms. The van der Waals surface area contributed by atoms with Crippen molar-refractivity contribution in [3.8, 4) is 11.5 Å². The smallest absolute Gasteiger partial charge is 0.410 e. The minimum absolute atomic E-state index is 0.0119. The molecule has 0 bridgehead atoms. The highest BCUT2D eigenvalue weighted by Crippen LogP contribution is 2.42. The number of anilines is 1. The molecule has 0 radical (unpaired) electrons. The van der Waals surface area contributed by atoms with E-state index in [-0.39, 0.29) is 18.5 Å². The number of hydrogen-bond acceptors (Lipinski definition) is 5. The lowest BCUT2D eigenvalue weighted by molar-refractivity contribution is -0.173. The van der Waals surface area contributed by atoms with E-state index in [2.05, 4.69) is 15.3 Å². The number of ether oxygens (including phenoxy) is 2. The largest absolute Gasteiger partial charge is 0.493 e. The summed E-state index contributed by atoms with van der Waals surface area (Å²) in [4.78, 5) is 2.27. The quantitative estimate of drug-likeness (QED) is 0.764. The van der Waals surface area contributed by atoms with Crippen molar-refractivity contribution in [2.24, 2.45) is 0 Å². The average Bonchev–Trinajstić information content (AvgIpc) is 3.32. The zero-order valence-corrected chi connectivity index (χ0v) is 17.4. The van der Waals surface area contributed by atoms with Gasteiger partial charge in [0.05, 0.1) is 26.0 Å². The van der Waals surface area contributed by atoms with E-state index in [0.717, 1.165) is 29.6 Å². The fourth-order valence-electron chi connectivity index (χ4n) is 4.50. The van der Waals surface area contributed by atoms with E-state index in [1.807, 2.05) is 18.2 Å². The highest BCUT2D eigenvalue weighted by atomic mass is 19.4. The molecule has 2 aliphatic rings. The van der Waals surface area contributed by atoms with Gasteiger partial charge in [0.2, 0.25) is 0 Å². The standard InChI is InChI=1S/C21H27F3N4O2/c1-13-9-19(21(22,23)24)28-20(25-13)11-15(26-28)16-5-4-8-27(16)12-14-6-7-17(29-2)18(10-14)30-3/h6-7,10-11,13,16,19,25H,4-5,8-9,12H2,1-3H3/t13-,16?,19-/m1/s1. The van der Waals surface area contributed by atoms with Crippen molar-refractivity contribution in [1.82, 2.24) is 14.7 Å². The number of fused-ring (bicyclic) bond motifs is 1. The van der Waals surface area contributed by atoms with Gasteiger partial charge in [0.25, 0.3) is 0 Å². The van der Waals surface area contributed by atoms with E-state index in [9.17, 15) is 13.2 Å². The van der Waals surface area contributed by atoms with Crippen molar-refractivity contribution in [3.05, 3.63) is 35.5 Å². The second kappa shape index (κ2) is 8.02. The van der Waals surface area contributed by atoms with Crippen LogP contribution in [0.15, 0.2) is 24.3 Å². The summed E-state index contributed by atoms with van der Waals surface area (Å²) in [6.45, 7) is 3.31. The van der Waals surface area contributed by atoms with Crippen molar-refractivity contribution in [3.63, 3.8) is 0 Å². The van der Waals surface area contributed by atoms with E-state index in [0.29, 0.717) is 29.6 Å². The van der Waals surface area contributed by atoms with Crippen molar-refractivity contribution < 1.29 is 22.6 Å². The number of benzene rings is 1. The number of likely N-dealkylation sites (tertiary alicyclic amines) is 1. The summed E-state index contributed by atoms with van der Waals surface area (Å²) in [6.07, 6.45) is -2.48. The van der Waals surface area contributed by atoms with Crippen LogP contribution in [-0.4, -0.2) is 47.7 Å². The number of aromatic nitrogens is 2. The molecule has 164 valence electrons. The Labute approximate surface area is 173 Å². The lowest BCUT2D eigenvalue weighted by atomic mass is 10.1. The summed E-state index contributed by atoms with van der Waals surface area (Å²) in [5, 5.41) is 7.57. The number of methoxy groups -OCH3 is 2. The molecule has 2 aliphatic heterocycles. The molecule has 0 aliphatic carbocycles. The number of halogens is 3. The Morgan fingerprint density at radius 3 is 2.63 bits per heavy atom. The SMILES string of the molecule is COc1ccc(CN2CCCC2c2cc3n(n2)[C@@H](C(F)(F)F)C[C@@H](C)N3)cc1OC. The van der Waals surface area contributed by atoms with Gasteiger partial charge in [0.15, 0.2) is 17.5 Å². The molecular weight excluding hydrogens is 397 g/mol. The van der Waals surface area contributed by atoms with Crippen LogP contribution in [0.5, 0.6) is 11.5 Å². The molecule has 0 amide bonds. The number of alkyl halides is 3. The molecule has 0 spiro atoms. The van der Waals surface area contributed by atoms with Gasteiger partial charge >= 0.3 is 6.18 Å². The van der Waals surface area contributed by atoms with Crippen LogP contribution in [0.1, 0.15) is 49.5 Å². The van der Waals surface area contributed by atoms with Crippen molar-refractivity contribution in [2.75, 3.05) is 26.1 Å². The van der Waals surface area contributed by atoms with E-state index in [1.165, 1.54) is 0 Å². The van der Waals surface area contributed by atoms with Gasteiger partial charge < -0.3 is 14.8 Å². The third-order valence-corrected chi connectivity index (χ3v) is 5.94. The van der Waals surface area contributed by atoms with Crippen LogP contribution < -0.4 is 14.8 Å². The number of nitrogens with zero attached hydrogens (tertiary/aromatic N) is 3. The minimum Gasteiger partial charge on any atom is -0.493 e. The van der Waals surface area contributed by atoms with Crippen LogP contribution in [0.4, 0.5) is 19.0 Å². The molecule has 1 fully saturated rings. The second-order valence-electron chi connectivity index (χ2n) is 8.06. The molecule has 4 rings (SSSR count). The lowest BCUT2D eigenvalue weighted by Gasteiger charge is -2.31. The van der Waals surface area contributed by atoms with Gasteiger partial charge in [-0.15, -0.1) is 0 Å². The fourth-order valence-corrected chi connectivity index (χ4v) is 4.50. The zero-order chi connectivity index (χ0) is 21.5. The number of rotatable bonds is 5. The van der Waals surface area contributed by atoms with Crippen LogP contribution in [0.25, 0.3) is 0 Å². The van der Waals surface area contributed by atoms with Gasteiger partial charge in [0.1, 0.15) is 5.82 Å². The van der Waals surface area contributed by atoms with Gasteiger partial charge in [-0.2, -0.15) is 18.3 Å². The topological polar surface area (TPSA) is 51.5 Å². The summed E-state index contributed by atoms with van der Waals surface area (Å²) >= 11 is 0. The lowest BCUT2D eigenvalue weighted by Crippen LogP contribution is -2.37. The summed E-state index contributed by atoms with van der Waals surface area (Å²) in [5.74, 6) is 1.78. The first kappa shape index (κ1) is 20.8. The first-order valence-electron chi connectivity index (χ1n) is 10.2. The summed E-state index contributed by atoms with van der Waals surface area (Å²) in [5.41, 5.74) is 1.75. The van der Waals surface area contributed by atoms with Crippen molar-refractivity contribution in [1.29, 1.82) is 0 Å². The monoisotopic (exact) mass is 424 g/mol. The molecule has 1 aromatic carbocycles. The maximum Gasteiger partial charge on any atom is 0.410 e. The van der Waals surface area contributed by atoms with Crippen LogP contribution >= 0.6 is 0 Å². The van der Waals surface area contributed by atoms with Crippen LogP contribution in [0, 0.1) is 0 Å². The van der Waals surface area contributed by atoms with E-state index in [4.69, 9.17) is 9.47 Å². The molecule has 1 N–H and O–H groups in total. The highest BCUT2D eigenvalue weighted by molar-refractivity contribution is 5.43. The Hall–Kier alpha value is -2.42. The molecule has 1 unspecified atom stereocenters. The van der Waals surface area contributed by atoms with E-state index >= 15 is 0 Å². The zero-order valence-electron chi connectivity index (χ0n) is 17.4. The molecule has 3 heterocycles. The van der Waals surface area contributed by atoms with Gasteiger partial charge in [0, 0.05) is 18.7 Å². The molecule has 1 saturated heterocycles. The average molecular weight is 424 g/mol. The molecule has 6 nitrogen and oxygen atoms in total. The molecule has 9 heteroatoms. The van der Waals surface area contributed by atoms with Gasteiger partial charge in [-0.05, 0) is 50.4 Å². The third kappa shape index (κ3) is 3.95. The number of nitrogens with one attached hydrogen (secondary N) is 1. The number of hydrogen-bond donors (Lipinski definition) is 1. The van der Waals surface area contributed by atoms with Crippen LogP contribution in [0.3, 0.4) is 0 Å². The first-order valence-corrected chi connectivity index (χ1v) is 10.2. The molecule has 1 aromatic heterocycles. The predicted octanol–water partition coefficient (Wildman–Crippen LogP) is 4.54.